The minimum Gasteiger partial charge on any atom is -0.339 e. The predicted octanol–water partition coefficient (Wildman–Crippen LogP) is 4.37. The molecule has 0 bridgehead atoms. The van der Waals surface area contributed by atoms with Crippen LogP contribution in [0.25, 0.3) is 22.2 Å². The van der Waals surface area contributed by atoms with Crippen molar-refractivity contribution in [1.82, 2.24) is 15.0 Å². The molecule has 5 nitrogen and oxygen atoms in total. The molecule has 0 aliphatic carbocycles. The molecule has 0 radical (unpaired) electrons. The molecule has 1 aromatic carbocycles. The van der Waals surface area contributed by atoms with Gasteiger partial charge >= 0.3 is 0 Å². The number of pyridine rings is 3. The van der Waals surface area contributed by atoms with E-state index in [1.165, 1.54) is 5.56 Å². The molecular weight excluding hydrogens is 322 g/mol. The van der Waals surface area contributed by atoms with E-state index in [1.54, 1.807) is 18.6 Å². The van der Waals surface area contributed by atoms with Crippen molar-refractivity contribution in [3.05, 3.63) is 78.2 Å². The number of nitrogens with zero attached hydrogens (tertiary/aromatic N) is 4. The highest BCUT2D eigenvalue weighted by Gasteiger charge is 2.14. The van der Waals surface area contributed by atoms with Crippen molar-refractivity contribution in [2.24, 2.45) is 4.99 Å². The molecule has 0 saturated heterocycles. The average molecular weight is 337 g/mol. The number of aromatic nitrogens is 3. The Bertz CT molecular complexity index is 1140. The second-order valence-electron chi connectivity index (χ2n) is 6.14. The SMILES string of the molecule is C1=NCc2cccc(Nc3nc(-c4ccncc4)cc4ncccc34)c21. The zero-order chi connectivity index (χ0) is 17.3. The third kappa shape index (κ3) is 2.50. The van der Waals surface area contributed by atoms with Crippen molar-refractivity contribution < 1.29 is 0 Å². The molecule has 4 heterocycles. The first-order valence-electron chi connectivity index (χ1n) is 8.43. The Balaban J connectivity index is 1.67. The van der Waals surface area contributed by atoms with Gasteiger partial charge in [-0.3, -0.25) is 15.0 Å². The highest BCUT2D eigenvalue weighted by molar-refractivity contribution is 5.97. The number of anilines is 2. The number of benzene rings is 1. The van der Waals surface area contributed by atoms with Gasteiger partial charge in [-0.1, -0.05) is 12.1 Å². The third-order valence-corrected chi connectivity index (χ3v) is 4.51. The summed E-state index contributed by atoms with van der Waals surface area (Å²) in [5, 5.41) is 4.48. The Kier molecular flexibility index (Phi) is 3.42. The van der Waals surface area contributed by atoms with E-state index in [2.05, 4.69) is 32.4 Å². The van der Waals surface area contributed by atoms with Gasteiger partial charge in [0.05, 0.1) is 17.8 Å². The van der Waals surface area contributed by atoms with Gasteiger partial charge in [0.25, 0.3) is 0 Å². The summed E-state index contributed by atoms with van der Waals surface area (Å²) in [5.74, 6) is 0.788. The molecule has 0 fully saturated rings. The molecule has 0 amide bonds. The zero-order valence-corrected chi connectivity index (χ0v) is 13.9. The normalized spacial score (nSPS) is 12.3. The van der Waals surface area contributed by atoms with Crippen LogP contribution in [0.5, 0.6) is 0 Å². The van der Waals surface area contributed by atoms with Crippen molar-refractivity contribution in [2.45, 2.75) is 6.54 Å². The van der Waals surface area contributed by atoms with Crippen LogP contribution in [0.2, 0.25) is 0 Å². The third-order valence-electron chi connectivity index (χ3n) is 4.51. The van der Waals surface area contributed by atoms with Crippen LogP contribution in [0.3, 0.4) is 0 Å². The summed E-state index contributed by atoms with van der Waals surface area (Å²) in [6, 6.07) is 16.1. The molecule has 0 atom stereocenters. The fourth-order valence-electron chi connectivity index (χ4n) is 3.22. The molecule has 1 aliphatic heterocycles. The smallest absolute Gasteiger partial charge is 0.140 e. The predicted molar refractivity (Wildman–Crippen MR) is 104 cm³/mol. The van der Waals surface area contributed by atoms with E-state index < -0.39 is 0 Å². The van der Waals surface area contributed by atoms with Crippen LogP contribution in [0.4, 0.5) is 11.5 Å². The Morgan fingerprint density at radius 1 is 0.923 bits per heavy atom. The first-order valence-corrected chi connectivity index (χ1v) is 8.43. The molecule has 5 heteroatoms. The largest absolute Gasteiger partial charge is 0.339 e. The lowest BCUT2D eigenvalue weighted by atomic mass is 10.1. The topological polar surface area (TPSA) is 63.1 Å². The van der Waals surface area contributed by atoms with Gasteiger partial charge in [-0.15, -0.1) is 0 Å². The van der Waals surface area contributed by atoms with Crippen molar-refractivity contribution in [3.8, 4) is 11.3 Å². The van der Waals surface area contributed by atoms with E-state index in [0.29, 0.717) is 0 Å². The molecular formula is C21H15N5. The number of aliphatic imine (C=N–C) groups is 1. The highest BCUT2D eigenvalue weighted by Crippen LogP contribution is 2.31. The standard InChI is InChI=1S/C21H15N5/c1-3-15-12-23-13-17(15)18(5-1)25-21-16-4-2-8-24-20(16)11-19(26-21)14-6-9-22-10-7-14/h1-11,13H,12H2,(H,25,26). The lowest BCUT2D eigenvalue weighted by molar-refractivity contribution is 1.11. The molecule has 0 unspecified atom stereocenters. The van der Waals surface area contributed by atoms with Gasteiger partial charge in [-0.25, -0.2) is 4.98 Å². The lowest BCUT2D eigenvalue weighted by Crippen LogP contribution is -2.00. The van der Waals surface area contributed by atoms with Gasteiger partial charge in [-0.05, 0) is 42.0 Å². The van der Waals surface area contributed by atoms with E-state index >= 15 is 0 Å². The maximum Gasteiger partial charge on any atom is 0.140 e. The van der Waals surface area contributed by atoms with Crippen molar-refractivity contribution in [3.63, 3.8) is 0 Å². The molecule has 3 aromatic heterocycles. The summed E-state index contributed by atoms with van der Waals surface area (Å²) in [4.78, 5) is 17.9. The molecule has 4 aromatic rings. The van der Waals surface area contributed by atoms with Gasteiger partial charge in [-0.2, -0.15) is 0 Å². The summed E-state index contributed by atoms with van der Waals surface area (Å²) >= 11 is 0. The highest BCUT2D eigenvalue weighted by atomic mass is 15.0. The van der Waals surface area contributed by atoms with Gasteiger partial charge < -0.3 is 5.32 Å². The van der Waals surface area contributed by atoms with Crippen LogP contribution in [0.1, 0.15) is 11.1 Å². The van der Waals surface area contributed by atoms with E-state index in [4.69, 9.17) is 4.98 Å². The van der Waals surface area contributed by atoms with Crippen LogP contribution < -0.4 is 5.32 Å². The Hall–Kier alpha value is -3.60. The minimum atomic E-state index is 0.734. The number of rotatable bonds is 3. The van der Waals surface area contributed by atoms with Crippen molar-refractivity contribution in [1.29, 1.82) is 0 Å². The maximum atomic E-state index is 4.87. The Labute approximate surface area is 150 Å². The molecule has 1 aliphatic rings. The van der Waals surface area contributed by atoms with E-state index in [-0.39, 0.29) is 0 Å². The van der Waals surface area contributed by atoms with Crippen LogP contribution in [-0.2, 0) is 6.54 Å². The first kappa shape index (κ1) is 14.7. The van der Waals surface area contributed by atoms with E-state index in [9.17, 15) is 0 Å². The van der Waals surface area contributed by atoms with Crippen LogP contribution >= 0.6 is 0 Å². The molecule has 1 N–H and O–H groups in total. The average Bonchev–Trinajstić information content (AvgIpc) is 3.18. The minimum absolute atomic E-state index is 0.734. The summed E-state index contributed by atoms with van der Waals surface area (Å²) in [6.07, 6.45) is 7.26. The zero-order valence-electron chi connectivity index (χ0n) is 13.9. The fraction of sp³-hybridized carbons (Fsp3) is 0.0476. The number of hydrogen-bond donors (Lipinski definition) is 1. The van der Waals surface area contributed by atoms with Gasteiger partial charge in [0.1, 0.15) is 5.82 Å². The summed E-state index contributed by atoms with van der Waals surface area (Å²) < 4.78 is 0. The fourth-order valence-corrected chi connectivity index (χ4v) is 3.22. The lowest BCUT2D eigenvalue weighted by Gasteiger charge is -2.13. The van der Waals surface area contributed by atoms with Gasteiger partial charge in [0.15, 0.2) is 0 Å². The van der Waals surface area contributed by atoms with Crippen LogP contribution in [0, 0.1) is 0 Å². The van der Waals surface area contributed by atoms with Gasteiger partial charge in [0.2, 0.25) is 0 Å². The van der Waals surface area contributed by atoms with Crippen LogP contribution in [-0.4, -0.2) is 21.2 Å². The molecule has 5 rings (SSSR count). The number of nitrogens with one attached hydrogen (secondary N) is 1. The maximum absolute atomic E-state index is 4.87. The van der Waals surface area contributed by atoms with Crippen LogP contribution in [0.15, 0.2) is 72.1 Å². The van der Waals surface area contributed by atoms with E-state index in [1.807, 2.05) is 42.6 Å². The first-order chi connectivity index (χ1) is 12.9. The van der Waals surface area contributed by atoms with Crippen molar-refractivity contribution in [2.75, 3.05) is 5.32 Å². The molecule has 0 saturated carbocycles. The summed E-state index contributed by atoms with van der Waals surface area (Å²) in [6.45, 7) is 0.734. The van der Waals surface area contributed by atoms with Gasteiger partial charge in [0, 0.05) is 47.0 Å². The second-order valence-corrected chi connectivity index (χ2v) is 6.14. The van der Waals surface area contributed by atoms with E-state index in [0.717, 1.165) is 45.8 Å². The Morgan fingerprint density at radius 3 is 2.77 bits per heavy atom. The molecule has 124 valence electrons. The molecule has 0 spiro atoms. The summed E-state index contributed by atoms with van der Waals surface area (Å²) in [5.41, 5.74) is 6.13. The second kappa shape index (κ2) is 6.04. The monoisotopic (exact) mass is 337 g/mol. The quantitative estimate of drug-likeness (QED) is 0.603. The summed E-state index contributed by atoms with van der Waals surface area (Å²) in [7, 11) is 0. The number of fused-ring (bicyclic) bond motifs is 2. The van der Waals surface area contributed by atoms with Crippen molar-refractivity contribution >= 4 is 28.6 Å². The molecule has 26 heavy (non-hydrogen) atoms. The number of hydrogen-bond acceptors (Lipinski definition) is 5. The Morgan fingerprint density at radius 2 is 1.85 bits per heavy atom.